The van der Waals surface area contributed by atoms with Crippen molar-refractivity contribution in [1.29, 1.82) is 0 Å². The average Bonchev–Trinajstić information content (AvgIpc) is 2.37. The number of piperidine rings is 1. The van der Waals surface area contributed by atoms with Crippen LogP contribution in [0.3, 0.4) is 0 Å². The Kier molecular flexibility index (Phi) is 6.08. The second kappa shape index (κ2) is 7.09. The van der Waals surface area contributed by atoms with Crippen LogP contribution in [-0.2, 0) is 19.6 Å². The zero-order valence-electron chi connectivity index (χ0n) is 11.2. The number of hydrogen-bond donors (Lipinski definition) is 0. The van der Waals surface area contributed by atoms with Crippen molar-refractivity contribution >= 4 is 16.0 Å². The maximum Gasteiger partial charge on any atom is 0.310 e. The standard InChI is InChI=1S/C12H23NO4S/c1-3-5-9-18(15,16)13-8-6-7-11(10-13)12(14)17-4-2/h11H,3-10H2,1-2H3. The van der Waals surface area contributed by atoms with Crippen LogP contribution in [-0.4, -0.2) is 44.1 Å². The molecule has 1 atom stereocenters. The first-order chi connectivity index (χ1) is 8.51. The first-order valence-electron chi connectivity index (χ1n) is 6.65. The molecule has 0 spiro atoms. The molecule has 0 N–H and O–H groups in total. The zero-order valence-corrected chi connectivity index (χ0v) is 12.0. The van der Waals surface area contributed by atoms with E-state index in [4.69, 9.17) is 4.74 Å². The molecule has 0 saturated carbocycles. The topological polar surface area (TPSA) is 63.7 Å². The summed E-state index contributed by atoms with van der Waals surface area (Å²) < 4.78 is 30.5. The van der Waals surface area contributed by atoms with Crippen molar-refractivity contribution < 1.29 is 17.9 Å². The van der Waals surface area contributed by atoms with Crippen molar-refractivity contribution in [2.75, 3.05) is 25.4 Å². The second-order valence-corrected chi connectivity index (χ2v) is 6.71. The van der Waals surface area contributed by atoms with E-state index in [1.165, 1.54) is 4.31 Å². The molecular formula is C12H23NO4S. The van der Waals surface area contributed by atoms with Gasteiger partial charge in [-0.1, -0.05) is 13.3 Å². The largest absolute Gasteiger partial charge is 0.466 e. The number of sulfonamides is 1. The highest BCUT2D eigenvalue weighted by Gasteiger charge is 2.32. The van der Waals surface area contributed by atoms with Crippen molar-refractivity contribution in [3.8, 4) is 0 Å². The minimum absolute atomic E-state index is 0.180. The minimum Gasteiger partial charge on any atom is -0.466 e. The predicted octanol–water partition coefficient (Wildman–Crippen LogP) is 1.39. The SMILES string of the molecule is CCCCS(=O)(=O)N1CCCC(C(=O)OCC)C1. The Labute approximate surface area is 110 Å². The molecule has 5 nitrogen and oxygen atoms in total. The summed E-state index contributed by atoms with van der Waals surface area (Å²) in [6, 6.07) is 0. The van der Waals surface area contributed by atoms with Gasteiger partial charge >= 0.3 is 5.97 Å². The van der Waals surface area contributed by atoms with Crippen LogP contribution >= 0.6 is 0 Å². The number of nitrogens with zero attached hydrogens (tertiary/aromatic N) is 1. The lowest BCUT2D eigenvalue weighted by atomic mass is 10.0. The van der Waals surface area contributed by atoms with Crippen LogP contribution in [0.5, 0.6) is 0 Å². The summed E-state index contributed by atoms with van der Waals surface area (Å²) in [5.41, 5.74) is 0. The molecule has 0 amide bonds. The molecule has 1 rings (SSSR count). The summed E-state index contributed by atoms with van der Waals surface area (Å²) in [5.74, 6) is -0.387. The van der Waals surface area contributed by atoms with E-state index in [2.05, 4.69) is 0 Å². The van der Waals surface area contributed by atoms with Crippen LogP contribution in [0.1, 0.15) is 39.5 Å². The van der Waals surface area contributed by atoms with Gasteiger partial charge in [-0.25, -0.2) is 12.7 Å². The van der Waals surface area contributed by atoms with Gasteiger partial charge in [-0.3, -0.25) is 4.79 Å². The third-order valence-corrected chi connectivity index (χ3v) is 5.08. The van der Waals surface area contributed by atoms with Crippen molar-refractivity contribution in [2.45, 2.75) is 39.5 Å². The van der Waals surface area contributed by atoms with E-state index in [1.807, 2.05) is 6.92 Å². The molecule has 1 aliphatic rings. The van der Waals surface area contributed by atoms with Gasteiger partial charge in [0.1, 0.15) is 0 Å². The molecule has 0 aromatic heterocycles. The molecule has 1 fully saturated rings. The number of ether oxygens (including phenoxy) is 1. The van der Waals surface area contributed by atoms with Crippen LogP contribution in [0.25, 0.3) is 0 Å². The molecule has 0 aromatic rings. The molecule has 0 radical (unpaired) electrons. The van der Waals surface area contributed by atoms with E-state index < -0.39 is 10.0 Å². The van der Waals surface area contributed by atoms with Gasteiger partial charge in [0.25, 0.3) is 0 Å². The fraction of sp³-hybridized carbons (Fsp3) is 0.917. The van der Waals surface area contributed by atoms with Gasteiger partial charge in [-0.2, -0.15) is 0 Å². The van der Waals surface area contributed by atoms with Crippen LogP contribution in [0, 0.1) is 5.92 Å². The molecule has 0 bridgehead atoms. The van der Waals surface area contributed by atoms with Crippen molar-refractivity contribution in [3.05, 3.63) is 0 Å². The van der Waals surface area contributed by atoms with Gasteiger partial charge in [0.2, 0.25) is 10.0 Å². The fourth-order valence-corrected chi connectivity index (χ4v) is 3.83. The van der Waals surface area contributed by atoms with Gasteiger partial charge in [0, 0.05) is 13.1 Å². The Bertz CT molecular complexity index is 366. The molecule has 0 aliphatic carbocycles. The smallest absolute Gasteiger partial charge is 0.310 e. The highest BCUT2D eigenvalue weighted by atomic mass is 32.2. The van der Waals surface area contributed by atoms with E-state index in [1.54, 1.807) is 6.92 Å². The third-order valence-electron chi connectivity index (χ3n) is 3.15. The van der Waals surface area contributed by atoms with Gasteiger partial charge in [0.15, 0.2) is 0 Å². The highest BCUT2D eigenvalue weighted by Crippen LogP contribution is 2.21. The zero-order chi connectivity index (χ0) is 13.6. The number of rotatable bonds is 6. The first kappa shape index (κ1) is 15.4. The van der Waals surface area contributed by atoms with Crippen molar-refractivity contribution in [3.63, 3.8) is 0 Å². The summed E-state index contributed by atoms with van der Waals surface area (Å²) in [6.07, 6.45) is 2.98. The molecule has 106 valence electrons. The summed E-state index contributed by atoms with van der Waals surface area (Å²) in [5, 5.41) is 0. The van der Waals surface area contributed by atoms with Crippen molar-refractivity contribution in [1.82, 2.24) is 4.31 Å². The van der Waals surface area contributed by atoms with Crippen LogP contribution in [0.2, 0.25) is 0 Å². The molecule has 1 saturated heterocycles. The van der Waals surface area contributed by atoms with Gasteiger partial charge in [0.05, 0.1) is 18.3 Å². The molecule has 1 heterocycles. The van der Waals surface area contributed by atoms with Crippen LogP contribution < -0.4 is 0 Å². The number of carbonyl (C=O) groups is 1. The first-order valence-corrected chi connectivity index (χ1v) is 8.26. The van der Waals surface area contributed by atoms with Gasteiger partial charge in [-0.15, -0.1) is 0 Å². The van der Waals surface area contributed by atoms with Crippen LogP contribution in [0.4, 0.5) is 0 Å². The summed E-state index contributed by atoms with van der Waals surface area (Å²) in [6.45, 7) is 4.88. The normalized spacial score (nSPS) is 21.8. The highest BCUT2D eigenvalue weighted by molar-refractivity contribution is 7.89. The molecule has 1 aliphatic heterocycles. The molecule has 0 aromatic carbocycles. The number of carbonyl (C=O) groups excluding carboxylic acids is 1. The van der Waals surface area contributed by atoms with Gasteiger partial charge in [-0.05, 0) is 26.2 Å². The molecular weight excluding hydrogens is 254 g/mol. The maximum absolute atomic E-state index is 12.0. The van der Waals surface area contributed by atoms with E-state index in [9.17, 15) is 13.2 Å². The van der Waals surface area contributed by atoms with E-state index in [0.717, 1.165) is 19.3 Å². The second-order valence-electron chi connectivity index (χ2n) is 4.62. The lowest BCUT2D eigenvalue weighted by Crippen LogP contribution is -2.43. The number of esters is 1. The lowest BCUT2D eigenvalue weighted by molar-refractivity contribution is -0.149. The lowest BCUT2D eigenvalue weighted by Gasteiger charge is -2.30. The number of unbranched alkanes of at least 4 members (excludes halogenated alkanes) is 1. The Morgan fingerprint density at radius 2 is 2.11 bits per heavy atom. The quantitative estimate of drug-likeness (QED) is 0.688. The van der Waals surface area contributed by atoms with Crippen molar-refractivity contribution in [2.24, 2.45) is 5.92 Å². The maximum atomic E-state index is 12.0. The summed E-state index contributed by atoms with van der Waals surface area (Å²) in [4.78, 5) is 11.6. The van der Waals surface area contributed by atoms with E-state index in [0.29, 0.717) is 19.6 Å². The Morgan fingerprint density at radius 3 is 2.72 bits per heavy atom. The monoisotopic (exact) mass is 277 g/mol. The van der Waals surface area contributed by atoms with Crippen LogP contribution in [0.15, 0.2) is 0 Å². The minimum atomic E-state index is -3.20. The fourth-order valence-electron chi connectivity index (χ4n) is 2.10. The third kappa shape index (κ3) is 4.24. The Balaban J connectivity index is 2.60. The molecule has 1 unspecified atom stereocenters. The Hall–Kier alpha value is -0.620. The molecule has 6 heteroatoms. The van der Waals surface area contributed by atoms with E-state index in [-0.39, 0.29) is 24.2 Å². The predicted molar refractivity (Wildman–Crippen MR) is 69.6 cm³/mol. The molecule has 18 heavy (non-hydrogen) atoms. The number of hydrogen-bond acceptors (Lipinski definition) is 4. The summed E-state index contributed by atoms with van der Waals surface area (Å²) >= 11 is 0. The Morgan fingerprint density at radius 1 is 1.39 bits per heavy atom. The average molecular weight is 277 g/mol. The van der Waals surface area contributed by atoms with E-state index >= 15 is 0 Å². The van der Waals surface area contributed by atoms with Gasteiger partial charge < -0.3 is 4.74 Å². The summed E-state index contributed by atoms with van der Waals surface area (Å²) in [7, 11) is -3.20.